The van der Waals surface area contributed by atoms with Crippen molar-refractivity contribution in [2.45, 2.75) is 44.8 Å². The van der Waals surface area contributed by atoms with E-state index in [0.717, 1.165) is 41.9 Å². The van der Waals surface area contributed by atoms with Crippen molar-refractivity contribution in [3.8, 4) is 5.75 Å². The molecule has 2 amide bonds. The number of nitrogen functional groups attached to an aromatic ring is 1. The number of fused-ring (bicyclic) bond motifs is 1. The van der Waals surface area contributed by atoms with Crippen molar-refractivity contribution >= 4 is 50.4 Å². The number of benzene rings is 1. The van der Waals surface area contributed by atoms with Gasteiger partial charge in [-0.15, -0.1) is 15.6 Å². The number of nitrogens with two attached hydrogens (primary N) is 3. The van der Waals surface area contributed by atoms with Crippen LogP contribution in [-0.2, 0) is 42.1 Å². The van der Waals surface area contributed by atoms with E-state index in [-0.39, 0.29) is 29.8 Å². The molecule has 44 heavy (non-hydrogen) atoms. The third kappa shape index (κ3) is 7.91. The second kappa shape index (κ2) is 13.7. The molecule has 17 nitrogen and oxygen atoms in total. The number of nitrogens with zero attached hydrogens (tertiary/aromatic N) is 5. The molecule has 0 radical (unpaired) electrons. The fourth-order valence-electron chi connectivity index (χ4n) is 4.53. The predicted molar refractivity (Wildman–Crippen MR) is 161 cm³/mol. The summed E-state index contributed by atoms with van der Waals surface area (Å²) in [6, 6.07) is 4.58. The number of nitrogens with one attached hydrogen (secondary N) is 1. The zero-order chi connectivity index (χ0) is 32.1. The van der Waals surface area contributed by atoms with Crippen molar-refractivity contribution in [1.82, 2.24) is 20.3 Å². The first-order chi connectivity index (χ1) is 20.8. The van der Waals surface area contributed by atoms with Gasteiger partial charge in [0.25, 0.3) is 11.8 Å². The zero-order valence-electron chi connectivity index (χ0n) is 24.1. The van der Waals surface area contributed by atoms with Crippen molar-refractivity contribution < 1.29 is 36.4 Å². The monoisotopic (exact) mass is 653 g/mol. The number of carbonyl (C=O) groups excluding carboxylic acids is 2. The molecule has 4 rings (SSSR count). The minimum Gasteiger partial charge on any atom is -0.490 e. The molecule has 8 N–H and O–H groups in total. The van der Waals surface area contributed by atoms with E-state index >= 15 is 0 Å². The average Bonchev–Trinajstić information content (AvgIpc) is 3.41. The Balaban J connectivity index is 1.33. The van der Waals surface area contributed by atoms with E-state index in [9.17, 15) is 18.0 Å². The molecular formula is C25H35N9O8S2. The van der Waals surface area contributed by atoms with Crippen molar-refractivity contribution in [1.29, 1.82) is 0 Å². The quantitative estimate of drug-likeness (QED) is 0.0452. The number of aromatic nitrogens is 1. The van der Waals surface area contributed by atoms with Gasteiger partial charge in [0.05, 0.1) is 5.54 Å². The number of ether oxygens (including phenoxy) is 1. The lowest BCUT2D eigenvalue weighted by atomic mass is 9.84. The molecular weight excluding hydrogens is 618 g/mol. The third-order valence-corrected chi connectivity index (χ3v) is 7.86. The number of β-lactam (4-membered cyclic amide) rings is 1. The van der Waals surface area contributed by atoms with E-state index in [1.807, 2.05) is 23.1 Å². The van der Waals surface area contributed by atoms with Gasteiger partial charge < -0.3 is 37.0 Å². The summed E-state index contributed by atoms with van der Waals surface area (Å²) in [5.74, 6) is -0.582. The molecule has 2 aliphatic rings. The van der Waals surface area contributed by atoms with E-state index in [2.05, 4.69) is 24.7 Å². The highest BCUT2D eigenvalue weighted by atomic mass is 32.3. The van der Waals surface area contributed by atoms with Gasteiger partial charge in [-0.2, -0.15) is 13.5 Å². The van der Waals surface area contributed by atoms with E-state index in [1.54, 1.807) is 0 Å². The number of amides is 2. The van der Waals surface area contributed by atoms with Gasteiger partial charge in [-0.25, -0.2) is 4.98 Å². The highest BCUT2D eigenvalue weighted by Gasteiger charge is 2.58. The van der Waals surface area contributed by atoms with Crippen LogP contribution >= 0.6 is 11.3 Å². The van der Waals surface area contributed by atoms with Gasteiger partial charge in [0.2, 0.25) is 0 Å². The summed E-state index contributed by atoms with van der Waals surface area (Å²) < 4.78 is 41.2. The first kappa shape index (κ1) is 32.9. The Morgan fingerprint density at radius 3 is 2.73 bits per heavy atom. The van der Waals surface area contributed by atoms with Gasteiger partial charge in [-0.05, 0) is 56.5 Å². The normalized spacial score (nSPS) is 18.5. The molecule has 2 aliphatic heterocycles. The Labute approximate surface area is 257 Å². The number of anilines is 1. The maximum atomic E-state index is 13.1. The molecule has 0 unspecified atom stereocenters. The first-order valence-corrected chi connectivity index (χ1v) is 15.8. The molecule has 1 aromatic heterocycles. The maximum Gasteiger partial charge on any atom is 0.418 e. The number of hydrogen-bond acceptors (Lipinski definition) is 13. The molecule has 1 aromatic carbocycles. The van der Waals surface area contributed by atoms with Crippen LogP contribution in [0.4, 0.5) is 5.13 Å². The number of hydroxylamine groups is 2. The number of rotatable bonds is 13. The molecule has 0 spiro atoms. The summed E-state index contributed by atoms with van der Waals surface area (Å²) >= 11 is 1.07. The summed E-state index contributed by atoms with van der Waals surface area (Å²) in [5.41, 5.74) is 18.2. The molecule has 0 bridgehead atoms. The van der Waals surface area contributed by atoms with Gasteiger partial charge >= 0.3 is 10.4 Å². The standard InChI is InChI=1S/C25H35N9O8S2/c1-25(2)20(22(36)34(25)42-44(37,38)39)31-21(35)19(18-14-43-24(28)30-18)32-41-11-10-40-17-5-4-16-13-33(9-6-15(16)12-17)23(27)29-8-3-7-26/h4-5,12,14,20H,3,6-11,13,26H2,1-2H3,(H2,27,29)(H2,28,30)(H,31,35)(H,37,38,39)/b32-19-/t20-/m1/s1. The number of aliphatic imine (C=N–C) groups is 1. The van der Waals surface area contributed by atoms with Crippen molar-refractivity contribution in [2.24, 2.45) is 21.6 Å². The lowest BCUT2D eigenvalue weighted by Crippen LogP contribution is -2.76. The highest BCUT2D eigenvalue weighted by molar-refractivity contribution is 7.80. The summed E-state index contributed by atoms with van der Waals surface area (Å²) in [7, 11) is -4.95. The maximum absolute atomic E-state index is 13.1. The fourth-order valence-corrected chi connectivity index (χ4v) is 5.53. The Morgan fingerprint density at radius 2 is 2.07 bits per heavy atom. The second-order valence-corrected chi connectivity index (χ2v) is 12.3. The summed E-state index contributed by atoms with van der Waals surface area (Å²) in [4.78, 5) is 41.4. The van der Waals surface area contributed by atoms with Gasteiger partial charge in [-0.1, -0.05) is 11.2 Å². The smallest absolute Gasteiger partial charge is 0.418 e. The third-order valence-electron chi connectivity index (χ3n) is 6.85. The molecule has 19 heteroatoms. The van der Waals surface area contributed by atoms with Gasteiger partial charge in [0, 0.05) is 25.0 Å². The van der Waals surface area contributed by atoms with Crippen LogP contribution in [0.15, 0.2) is 33.7 Å². The molecule has 1 saturated heterocycles. The van der Waals surface area contributed by atoms with Crippen LogP contribution in [0.1, 0.15) is 37.1 Å². The second-order valence-electron chi connectivity index (χ2n) is 10.4. The summed E-state index contributed by atoms with van der Waals surface area (Å²) in [6.07, 6.45) is 1.56. The Morgan fingerprint density at radius 1 is 1.30 bits per heavy atom. The molecule has 1 fully saturated rings. The largest absolute Gasteiger partial charge is 0.490 e. The molecule has 3 heterocycles. The molecule has 0 aliphatic carbocycles. The molecule has 0 saturated carbocycles. The SMILES string of the molecule is CC1(C)[C@H](NC(=O)/C(=N\OCCOc2ccc3c(c2)CCN(C(N)=NCCCN)C3)c2csc(N)n2)C(=O)N1OS(=O)(=O)O. The number of thiazole rings is 1. The van der Waals surface area contributed by atoms with Crippen LogP contribution < -0.4 is 27.3 Å². The van der Waals surface area contributed by atoms with E-state index in [0.29, 0.717) is 36.4 Å². The van der Waals surface area contributed by atoms with Crippen LogP contribution in [0.2, 0.25) is 0 Å². The van der Waals surface area contributed by atoms with Crippen LogP contribution in [0.25, 0.3) is 0 Å². The fraction of sp³-hybridized carbons (Fsp3) is 0.480. The van der Waals surface area contributed by atoms with Crippen LogP contribution in [0.3, 0.4) is 0 Å². The summed E-state index contributed by atoms with van der Waals surface area (Å²) in [5, 5.41) is 8.49. The topological polar surface area (TPSA) is 250 Å². The Bertz CT molecular complexity index is 1540. The lowest BCUT2D eigenvalue weighted by Gasteiger charge is -2.50. The number of guanidine groups is 1. The van der Waals surface area contributed by atoms with Crippen molar-refractivity contribution in [3.05, 3.63) is 40.4 Å². The van der Waals surface area contributed by atoms with Gasteiger partial charge in [-0.3, -0.25) is 19.1 Å². The summed E-state index contributed by atoms with van der Waals surface area (Å²) in [6.45, 7) is 5.49. The van der Waals surface area contributed by atoms with Crippen molar-refractivity contribution in [2.75, 3.05) is 38.6 Å². The average molecular weight is 654 g/mol. The van der Waals surface area contributed by atoms with Gasteiger partial charge in [0.1, 0.15) is 24.1 Å². The minimum absolute atomic E-state index is 0.0269. The zero-order valence-corrected chi connectivity index (χ0v) is 25.8. The lowest BCUT2D eigenvalue weighted by molar-refractivity contribution is -0.218. The Kier molecular flexibility index (Phi) is 10.3. The number of carbonyl (C=O) groups is 2. The number of hydrogen-bond donors (Lipinski definition) is 5. The predicted octanol–water partition coefficient (Wildman–Crippen LogP) is -0.613. The van der Waals surface area contributed by atoms with Crippen molar-refractivity contribution in [3.63, 3.8) is 0 Å². The van der Waals surface area contributed by atoms with E-state index < -0.39 is 33.8 Å². The minimum atomic E-state index is -4.95. The number of oxime groups is 1. The molecule has 1 atom stereocenters. The molecule has 2 aromatic rings. The van der Waals surface area contributed by atoms with Crippen LogP contribution in [-0.4, -0.2) is 95.8 Å². The Hall–Kier alpha value is -4.04. The van der Waals surface area contributed by atoms with Gasteiger partial charge in [0.15, 0.2) is 23.4 Å². The highest BCUT2D eigenvalue weighted by Crippen LogP contribution is 2.33. The van der Waals surface area contributed by atoms with E-state index in [4.69, 9.17) is 31.3 Å². The van der Waals surface area contributed by atoms with E-state index in [1.165, 1.54) is 19.2 Å². The molecule has 240 valence electrons. The van der Waals surface area contributed by atoms with Crippen LogP contribution in [0.5, 0.6) is 5.75 Å². The first-order valence-electron chi connectivity index (χ1n) is 13.5. The van der Waals surface area contributed by atoms with Crippen LogP contribution in [0, 0.1) is 0 Å².